The number of carbonyl (C=O) groups excluding carboxylic acids is 1. The van der Waals surface area contributed by atoms with E-state index in [0.717, 1.165) is 10.4 Å². The fourth-order valence-electron chi connectivity index (χ4n) is 2.51. The maximum Gasteiger partial charge on any atom is 0.365 e. The fourth-order valence-corrected chi connectivity index (χ4v) is 3.22. The van der Waals surface area contributed by atoms with Crippen molar-refractivity contribution < 1.29 is 19.1 Å². The molecule has 0 N–H and O–H groups in total. The maximum atomic E-state index is 12.4. The van der Waals surface area contributed by atoms with Gasteiger partial charge in [0.15, 0.2) is 11.5 Å². The molecule has 0 saturated heterocycles. The van der Waals surface area contributed by atoms with Crippen LogP contribution in [0.4, 0.5) is 0 Å². The minimum atomic E-state index is -0.557. The molecule has 0 fully saturated rings. The highest BCUT2D eigenvalue weighted by Gasteiger charge is 2.14. The van der Waals surface area contributed by atoms with Crippen molar-refractivity contribution in [3.8, 4) is 11.5 Å². The van der Waals surface area contributed by atoms with Gasteiger partial charge in [0.2, 0.25) is 0 Å². The van der Waals surface area contributed by atoms with Crippen molar-refractivity contribution in [3.63, 3.8) is 0 Å². The zero-order valence-corrected chi connectivity index (χ0v) is 15.9. The summed E-state index contributed by atoms with van der Waals surface area (Å²) in [6.07, 6.45) is 0.570. The van der Waals surface area contributed by atoms with Crippen molar-refractivity contribution in [2.24, 2.45) is 5.16 Å². The lowest BCUT2D eigenvalue weighted by Crippen LogP contribution is -2.08. The number of hydrogen-bond donors (Lipinski definition) is 0. The van der Waals surface area contributed by atoms with Gasteiger partial charge in [0, 0.05) is 6.42 Å². The van der Waals surface area contributed by atoms with Gasteiger partial charge in [0.05, 0.1) is 24.7 Å². The Morgan fingerprint density at radius 3 is 2.41 bits per heavy atom. The SMILES string of the molecule is COc1ccc(C(=O)O/N=C(\Cc2ccccc2)c2cccs2)cc1OC. The van der Waals surface area contributed by atoms with Gasteiger partial charge in [-0.3, -0.25) is 0 Å². The van der Waals surface area contributed by atoms with Gasteiger partial charge in [-0.1, -0.05) is 41.6 Å². The first-order valence-electron chi connectivity index (χ1n) is 8.29. The molecule has 0 bridgehead atoms. The molecule has 0 spiro atoms. The van der Waals surface area contributed by atoms with Crippen LogP contribution in [0.2, 0.25) is 0 Å². The Morgan fingerprint density at radius 1 is 0.963 bits per heavy atom. The minimum Gasteiger partial charge on any atom is -0.493 e. The number of hydrogen-bond acceptors (Lipinski definition) is 6. The molecule has 0 radical (unpaired) electrons. The molecular weight excluding hydrogens is 362 g/mol. The predicted molar refractivity (Wildman–Crippen MR) is 106 cm³/mol. The minimum absolute atomic E-state index is 0.335. The molecule has 1 aromatic heterocycles. The van der Waals surface area contributed by atoms with E-state index in [1.165, 1.54) is 14.2 Å². The molecule has 0 saturated carbocycles. The summed E-state index contributed by atoms with van der Waals surface area (Å²) in [5.74, 6) is 0.442. The zero-order valence-electron chi connectivity index (χ0n) is 15.0. The number of oxime groups is 1. The number of ether oxygens (including phenoxy) is 2. The van der Waals surface area contributed by atoms with E-state index in [9.17, 15) is 4.79 Å². The second kappa shape index (κ2) is 9.00. The zero-order chi connectivity index (χ0) is 19.1. The van der Waals surface area contributed by atoms with E-state index in [2.05, 4.69) is 5.16 Å². The van der Waals surface area contributed by atoms with Gasteiger partial charge in [-0.25, -0.2) is 4.79 Å². The largest absolute Gasteiger partial charge is 0.493 e. The quantitative estimate of drug-likeness (QED) is 0.342. The van der Waals surface area contributed by atoms with Crippen LogP contribution >= 0.6 is 11.3 Å². The summed E-state index contributed by atoms with van der Waals surface area (Å²) in [5, 5.41) is 6.11. The number of methoxy groups -OCH3 is 2. The number of thiophene rings is 1. The Labute approximate surface area is 161 Å². The van der Waals surface area contributed by atoms with Crippen LogP contribution < -0.4 is 9.47 Å². The maximum absolute atomic E-state index is 12.4. The summed E-state index contributed by atoms with van der Waals surface area (Å²) >= 11 is 1.55. The predicted octanol–water partition coefficient (Wildman–Crippen LogP) is 4.57. The molecule has 5 nitrogen and oxygen atoms in total. The lowest BCUT2D eigenvalue weighted by Gasteiger charge is -2.08. The standard InChI is InChI=1S/C21H19NO4S/c1-24-18-11-10-16(14-19(18)25-2)21(23)26-22-17(20-9-6-12-27-20)13-15-7-4-3-5-8-15/h3-12,14H,13H2,1-2H3/b22-17+. The fraction of sp³-hybridized carbons (Fsp3) is 0.143. The van der Waals surface area contributed by atoms with Crippen LogP contribution in [0.25, 0.3) is 0 Å². The molecule has 0 atom stereocenters. The third-order valence-corrected chi connectivity index (χ3v) is 4.80. The molecule has 2 aromatic carbocycles. The molecule has 6 heteroatoms. The molecule has 3 aromatic rings. The number of carbonyl (C=O) groups is 1. The molecule has 138 valence electrons. The number of rotatable bonds is 7. The van der Waals surface area contributed by atoms with Crippen LogP contribution in [0.3, 0.4) is 0 Å². The van der Waals surface area contributed by atoms with Crippen LogP contribution in [0.15, 0.2) is 71.2 Å². The molecule has 3 rings (SSSR count). The number of nitrogens with zero attached hydrogens (tertiary/aromatic N) is 1. The molecule has 1 heterocycles. The van der Waals surface area contributed by atoms with Crippen LogP contribution in [-0.4, -0.2) is 25.9 Å². The molecule has 0 aliphatic heterocycles. The molecular formula is C21H19NO4S. The van der Waals surface area contributed by atoms with Crippen molar-refractivity contribution >= 4 is 23.0 Å². The summed E-state index contributed by atoms with van der Waals surface area (Å²) in [7, 11) is 3.05. The van der Waals surface area contributed by atoms with Crippen molar-refractivity contribution in [2.75, 3.05) is 14.2 Å². The summed E-state index contributed by atoms with van der Waals surface area (Å²) < 4.78 is 10.4. The highest BCUT2D eigenvalue weighted by molar-refractivity contribution is 7.12. The molecule has 0 aliphatic carbocycles. The highest BCUT2D eigenvalue weighted by Crippen LogP contribution is 2.27. The average Bonchev–Trinajstić information content (AvgIpc) is 3.25. The van der Waals surface area contributed by atoms with Gasteiger partial charge in [0.25, 0.3) is 0 Å². The summed E-state index contributed by atoms with van der Waals surface area (Å²) in [6, 6.07) is 18.7. The Balaban J connectivity index is 1.80. The van der Waals surface area contributed by atoms with Gasteiger partial charge < -0.3 is 14.3 Å². The average molecular weight is 381 g/mol. The van der Waals surface area contributed by atoms with Crippen LogP contribution in [-0.2, 0) is 11.3 Å². The first-order valence-corrected chi connectivity index (χ1v) is 9.17. The highest BCUT2D eigenvalue weighted by atomic mass is 32.1. The molecule has 0 aliphatic rings. The monoisotopic (exact) mass is 381 g/mol. The van der Waals surface area contributed by atoms with E-state index < -0.39 is 5.97 Å². The third-order valence-electron chi connectivity index (χ3n) is 3.88. The Kier molecular flexibility index (Phi) is 6.22. The second-order valence-electron chi connectivity index (χ2n) is 5.63. The van der Waals surface area contributed by atoms with E-state index in [0.29, 0.717) is 29.2 Å². The summed E-state index contributed by atoms with van der Waals surface area (Å²) in [4.78, 5) is 18.6. The number of benzene rings is 2. The Hall–Kier alpha value is -3.12. The van der Waals surface area contributed by atoms with Gasteiger partial charge in [-0.15, -0.1) is 11.3 Å². The van der Waals surface area contributed by atoms with Crippen LogP contribution in [0.5, 0.6) is 11.5 Å². The summed E-state index contributed by atoms with van der Waals surface area (Å²) in [6.45, 7) is 0. The van der Waals surface area contributed by atoms with Gasteiger partial charge in [-0.05, 0) is 35.2 Å². The van der Waals surface area contributed by atoms with Gasteiger partial charge >= 0.3 is 5.97 Å². The van der Waals surface area contributed by atoms with Crippen molar-refractivity contribution in [3.05, 3.63) is 82.0 Å². The van der Waals surface area contributed by atoms with Crippen molar-refractivity contribution in [1.82, 2.24) is 0 Å². The lowest BCUT2D eigenvalue weighted by atomic mass is 10.1. The van der Waals surface area contributed by atoms with E-state index >= 15 is 0 Å². The normalized spacial score (nSPS) is 11.1. The Morgan fingerprint density at radius 2 is 1.74 bits per heavy atom. The summed E-state index contributed by atoms with van der Waals surface area (Å²) in [5.41, 5.74) is 2.12. The topological polar surface area (TPSA) is 57.1 Å². The Bertz CT molecular complexity index is 921. The first kappa shape index (κ1) is 18.7. The third kappa shape index (κ3) is 4.74. The first-order chi connectivity index (χ1) is 13.2. The lowest BCUT2D eigenvalue weighted by molar-refractivity contribution is 0.0515. The van der Waals surface area contributed by atoms with E-state index in [4.69, 9.17) is 14.3 Å². The van der Waals surface area contributed by atoms with Crippen molar-refractivity contribution in [2.45, 2.75) is 6.42 Å². The molecule has 27 heavy (non-hydrogen) atoms. The smallest absolute Gasteiger partial charge is 0.365 e. The molecule has 0 unspecified atom stereocenters. The van der Waals surface area contributed by atoms with E-state index in [1.807, 2.05) is 47.8 Å². The van der Waals surface area contributed by atoms with E-state index in [1.54, 1.807) is 29.5 Å². The van der Waals surface area contributed by atoms with E-state index in [-0.39, 0.29) is 0 Å². The second-order valence-corrected chi connectivity index (χ2v) is 6.57. The van der Waals surface area contributed by atoms with Gasteiger partial charge in [0.1, 0.15) is 5.71 Å². The van der Waals surface area contributed by atoms with Crippen LogP contribution in [0.1, 0.15) is 20.8 Å². The van der Waals surface area contributed by atoms with Crippen LogP contribution in [0, 0.1) is 0 Å². The van der Waals surface area contributed by atoms with Gasteiger partial charge in [-0.2, -0.15) is 0 Å². The molecule has 0 amide bonds. The van der Waals surface area contributed by atoms with Crippen molar-refractivity contribution in [1.29, 1.82) is 0 Å².